The molecule has 2 aliphatic rings. The average molecular weight is 364 g/mol. The second-order valence-corrected chi connectivity index (χ2v) is 8.73. The van der Waals surface area contributed by atoms with Gasteiger partial charge >= 0.3 is 0 Å². The summed E-state index contributed by atoms with van der Waals surface area (Å²) in [4.78, 5) is 12.2. The molecule has 1 saturated heterocycles. The quantitative estimate of drug-likeness (QED) is 0.645. The number of fused-ring (bicyclic) bond motifs is 1. The second kappa shape index (κ2) is 8.97. The van der Waals surface area contributed by atoms with E-state index >= 15 is 0 Å². The predicted molar refractivity (Wildman–Crippen MR) is 108 cm³/mol. The maximum Gasteiger partial charge on any atom is 0.193 e. The summed E-state index contributed by atoms with van der Waals surface area (Å²) >= 11 is 2.11. The topological polar surface area (TPSA) is 45.5 Å². The highest BCUT2D eigenvalue weighted by atomic mass is 32.2. The lowest BCUT2D eigenvalue weighted by Gasteiger charge is -2.36. The molecule has 0 radical (unpaired) electrons. The fraction of sp³-hybridized carbons (Fsp3) is 0.789. The Balaban J connectivity index is 1.59. The van der Waals surface area contributed by atoms with Crippen molar-refractivity contribution in [1.29, 1.82) is 0 Å². The molecule has 0 aromatic carbocycles. The Labute approximate surface area is 156 Å². The van der Waals surface area contributed by atoms with Gasteiger partial charge in [-0.2, -0.15) is 11.8 Å². The van der Waals surface area contributed by atoms with E-state index in [9.17, 15) is 0 Å². The van der Waals surface area contributed by atoms with Crippen molar-refractivity contribution in [2.75, 3.05) is 31.9 Å². The third-order valence-electron chi connectivity index (χ3n) is 5.06. The van der Waals surface area contributed by atoms with Gasteiger partial charge in [-0.25, -0.2) is 4.98 Å². The number of hydrogen-bond donors (Lipinski definition) is 1. The Morgan fingerprint density at radius 2 is 2.28 bits per heavy atom. The van der Waals surface area contributed by atoms with Gasteiger partial charge in [-0.1, -0.05) is 13.8 Å². The van der Waals surface area contributed by atoms with Crippen LogP contribution in [0.2, 0.25) is 0 Å². The van der Waals surface area contributed by atoms with Crippen LogP contribution in [0, 0.1) is 5.92 Å². The van der Waals surface area contributed by atoms with Crippen LogP contribution < -0.4 is 5.32 Å². The van der Waals surface area contributed by atoms with Crippen molar-refractivity contribution >= 4 is 17.7 Å². The van der Waals surface area contributed by atoms with Crippen LogP contribution in [0.5, 0.6) is 0 Å². The molecule has 0 amide bonds. The van der Waals surface area contributed by atoms with Gasteiger partial charge in [0, 0.05) is 62.8 Å². The van der Waals surface area contributed by atoms with Crippen molar-refractivity contribution in [2.45, 2.75) is 58.2 Å². The molecule has 1 aromatic heterocycles. The van der Waals surface area contributed by atoms with E-state index in [4.69, 9.17) is 9.98 Å². The molecule has 6 heteroatoms. The third-order valence-corrected chi connectivity index (χ3v) is 6.60. The molecule has 0 aliphatic carbocycles. The molecule has 25 heavy (non-hydrogen) atoms. The van der Waals surface area contributed by atoms with Crippen LogP contribution >= 0.6 is 11.8 Å². The average Bonchev–Trinajstić information content (AvgIpc) is 3.04. The first-order chi connectivity index (χ1) is 12.2. The minimum Gasteiger partial charge on any atom is -0.357 e. The molecule has 1 N–H and O–H groups in total. The van der Waals surface area contributed by atoms with E-state index in [-0.39, 0.29) is 0 Å². The molecule has 0 bridgehead atoms. The molecule has 140 valence electrons. The molecule has 0 saturated carbocycles. The summed E-state index contributed by atoms with van der Waals surface area (Å²) in [5.74, 6) is 4.26. The molecule has 0 spiro atoms. The van der Waals surface area contributed by atoms with E-state index in [1.165, 1.54) is 30.1 Å². The molecule has 3 rings (SSSR count). The summed E-state index contributed by atoms with van der Waals surface area (Å²) in [6, 6.07) is 0. The van der Waals surface area contributed by atoms with E-state index in [2.05, 4.69) is 53.5 Å². The lowest BCUT2D eigenvalue weighted by atomic mass is 10.1. The molecule has 1 aromatic rings. The normalized spacial score (nSPS) is 21.5. The van der Waals surface area contributed by atoms with E-state index in [0.717, 1.165) is 51.5 Å². The third kappa shape index (κ3) is 4.93. The highest BCUT2D eigenvalue weighted by molar-refractivity contribution is 8.00. The van der Waals surface area contributed by atoms with Crippen LogP contribution in [0.25, 0.3) is 0 Å². The summed E-state index contributed by atoms with van der Waals surface area (Å²) in [6.07, 6.45) is 6.88. The Kier molecular flexibility index (Phi) is 6.68. The van der Waals surface area contributed by atoms with Gasteiger partial charge in [-0.15, -0.1) is 0 Å². The zero-order valence-electron chi connectivity index (χ0n) is 16.0. The molecule has 5 nitrogen and oxygen atoms in total. The Bertz CT molecular complexity index is 557. The van der Waals surface area contributed by atoms with Gasteiger partial charge in [-0.3, -0.25) is 4.99 Å². The molecule has 1 unspecified atom stereocenters. The maximum absolute atomic E-state index is 4.91. The van der Waals surface area contributed by atoms with E-state index in [1.54, 1.807) is 0 Å². The Hall–Kier alpha value is -1.17. The van der Waals surface area contributed by atoms with Crippen molar-refractivity contribution in [1.82, 2.24) is 19.8 Å². The molecule has 2 aliphatic heterocycles. The standard InChI is InChI=1S/C19H33N5S/c1-4-20-19(24-11-12-25-17(14-24)15(2)3)21-9-8-16-13-23-10-6-5-7-18(23)22-16/h13,15,17H,4-12,14H2,1-3H3,(H,20,21). The number of nitrogens with one attached hydrogen (secondary N) is 1. The second-order valence-electron chi connectivity index (χ2n) is 7.38. The number of thioether (sulfide) groups is 1. The van der Waals surface area contributed by atoms with Crippen LogP contribution in [-0.4, -0.2) is 57.6 Å². The highest BCUT2D eigenvalue weighted by Gasteiger charge is 2.24. The zero-order valence-corrected chi connectivity index (χ0v) is 16.8. The maximum atomic E-state index is 4.91. The number of guanidine groups is 1. The lowest BCUT2D eigenvalue weighted by Crippen LogP contribution is -2.49. The van der Waals surface area contributed by atoms with Gasteiger partial charge in [-0.05, 0) is 25.7 Å². The first-order valence-electron chi connectivity index (χ1n) is 9.87. The van der Waals surface area contributed by atoms with Crippen LogP contribution in [0.4, 0.5) is 0 Å². The Morgan fingerprint density at radius 1 is 1.40 bits per heavy atom. The van der Waals surface area contributed by atoms with Crippen molar-refractivity contribution in [3.05, 3.63) is 17.7 Å². The van der Waals surface area contributed by atoms with Crippen LogP contribution in [0.15, 0.2) is 11.2 Å². The van der Waals surface area contributed by atoms with Gasteiger partial charge in [0.2, 0.25) is 0 Å². The number of aromatic nitrogens is 2. The molecular formula is C19H33N5S. The van der Waals surface area contributed by atoms with Gasteiger partial charge in [0.1, 0.15) is 5.82 Å². The minimum absolute atomic E-state index is 0.706. The number of aryl methyl sites for hydroxylation is 2. The summed E-state index contributed by atoms with van der Waals surface area (Å²) in [6.45, 7) is 11.9. The molecular weight excluding hydrogens is 330 g/mol. The van der Waals surface area contributed by atoms with Crippen molar-refractivity contribution in [3.63, 3.8) is 0 Å². The van der Waals surface area contributed by atoms with Gasteiger partial charge in [0.05, 0.1) is 5.69 Å². The monoisotopic (exact) mass is 363 g/mol. The smallest absolute Gasteiger partial charge is 0.193 e. The van der Waals surface area contributed by atoms with Crippen molar-refractivity contribution < 1.29 is 0 Å². The number of hydrogen-bond acceptors (Lipinski definition) is 3. The number of imidazole rings is 1. The summed E-state index contributed by atoms with van der Waals surface area (Å²) in [7, 11) is 0. The molecule has 1 fully saturated rings. The predicted octanol–water partition coefficient (Wildman–Crippen LogP) is 2.80. The largest absolute Gasteiger partial charge is 0.357 e. The lowest BCUT2D eigenvalue weighted by molar-refractivity contribution is 0.381. The van der Waals surface area contributed by atoms with Gasteiger partial charge in [0.25, 0.3) is 0 Å². The number of rotatable bonds is 5. The SMILES string of the molecule is CCNC(=NCCc1cn2c(n1)CCCC2)N1CCSC(C(C)C)C1. The molecule has 1 atom stereocenters. The van der Waals surface area contributed by atoms with Crippen LogP contribution in [0.1, 0.15) is 45.1 Å². The van der Waals surface area contributed by atoms with E-state index in [0.29, 0.717) is 11.2 Å². The first-order valence-corrected chi connectivity index (χ1v) is 10.9. The summed E-state index contributed by atoms with van der Waals surface area (Å²) < 4.78 is 2.34. The Morgan fingerprint density at radius 3 is 3.04 bits per heavy atom. The number of nitrogens with zero attached hydrogens (tertiary/aromatic N) is 4. The van der Waals surface area contributed by atoms with E-state index < -0.39 is 0 Å². The fourth-order valence-electron chi connectivity index (χ4n) is 3.57. The summed E-state index contributed by atoms with van der Waals surface area (Å²) in [5, 5.41) is 4.19. The van der Waals surface area contributed by atoms with Crippen molar-refractivity contribution in [3.8, 4) is 0 Å². The minimum atomic E-state index is 0.706. The van der Waals surface area contributed by atoms with Crippen molar-refractivity contribution in [2.24, 2.45) is 10.9 Å². The molecule has 3 heterocycles. The highest BCUT2D eigenvalue weighted by Crippen LogP contribution is 2.24. The number of aliphatic imine (C=N–C) groups is 1. The first kappa shape index (κ1) is 18.6. The fourth-order valence-corrected chi connectivity index (χ4v) is 4.86. The van der Waals surface area contributed by atoms with Gasteiger partial charge in [0.15, 0.2) is 5.96 Å². The zero-order chi connectivity index (χ0) is 17.6. The van der Waals surface area contributed by atoms with Gasteiger partial charge < -0.3 is 14.8 Å². The van der Waals surface area contributed by atoms with E-state index in [1.807, 2.05) is 0 Å². The summed E-state index contributed by atoms with van der Waals surface area (Å²) in [5.41, 5.74) is 1.20. The van der Waals surface area contributed by atoms with Crippen LogP contribution in [0.3, 0.4) is 0 Å². The van der Waals surface area contributed by atoms with Crippen LogP contribution in [-0.2, 0) is 19.4 Å².